The number of nitrogens with zero attached hydrogens (tertiary/aromatic N) is 2. The van der Waals surface area contributed by atoms with Crippen molar-refractivity contribution in [2.24, 2.45) is 0 Å². The molecule has 2 rings (SSSR count). The van der Waals surface area contributed by atoms with Crippen LogP contribution >= 0.6 is 12.4 Å². The first-order valence-electron chi connectivity index (χ1n) is 13.4. The summed E-state index contributed by atoms with van der Waals surface area (Å²) in [5.41, 5.74) is 3.67. The van der Waals surface area contributed by atoms with E-state index in [4.69, 9.17) is 0 Å². The van der Waals surface area contributed by atoms with E-state index in [9.17, 15) is 5.11 Å². The maximum absolute atomic E-state index is 11.0. The van der Waals surface area contributed by atoms with Gasteiger partial charge in [0.15, 0.2) is 0 Å². The van der Waals surface area contributed by atoms with Gasteiger partial charge >= 0.3 is 0 Å². The minimum absolute atomic E-state index is 0. The number of aromatic hydroxyl groups is 1. The number of phenolic OH excluding ortho intramolecular Hbond substituents is 1. The molecule has 0 bridgehead atoms. The molecule has 2 atom stereocenters. The van der Waals surface area contributed by atoms with Gasteiger partial charge in [0.05, 0.1) is 0 Å². The number of hydrogen-bond acceptors (Lipinski definition) is 3. The first kappa shape index (κ1) is 31.5. The van der Waals surface area contributed by atoms with E-state index in [1.807, 2.05) is 6.07 Å². The van der Waals surface area contributed by atoms with Crippen LogP contribution in [0, 0.1) is 0 Å². The van der Waals surface area contributed by atoms with E-state index >= 15 is 0 Å². The van der Waals surface area contributed by atoms with Gasteiger partial charge in [0, 0.05) is 35.6 Å². The summed E-state index contributed by atoms with van der Waals surface area (Å²) in [6.07, 6.45) is 2.10. The SMILES string of the molecule is CC(CCN(C(C)C)C(C)C)c1ccc(O)c(C(CCN(C(C)C)C(C)C)c2ccccc2)c1.Cl. The van der Waals surface area contributed by atoms with E-state index in [1.165, 1.54) is 11.1 Å². The second-order valence-corrected chi connectivity index (χ2v) is 11.1. The molecule has 1 N–H and O–H groups in total. The molecule has 0 aliphatic carbocycles. The summed E-state index contributed by atoms with van der Waals surface area (Å²) in [6.45, 7) is 22.6. The van der Waals surface area contributed by atoms with Crippen LogP contribution in [0.3, 0.4) is 0 Å². The minimum Gasteiger partial charge on any atom is -0.508 e. The molecule has 0 heterocycles. The van der Waals surface area contributed by atoms with Gasteiger partial charge in [0.25, 0.3) is 0 Å². The fourth-order valence-electron chi connectivity index (χ4n) is 5.36. The van der Waals surface area contributed by atoms with Crippen LogP contribution in [0.2, 0.25) is 0 Å². The van der Waals surface area contributed by atoms with Crippen LogP contribution < -0.4 is 0 Å². The van der Waals surface area contributed by atoms with Crippen LogP contribution in [0.25, 0.3) is 0 Å². The summed E-state index contributed by atoms with van der Waals surface area (Å²) in [6, 6.07) is 19.1. The topological polar surface area (TPSA) is 26.7 Å². The van der Waals surface area contributed by atoms with Gasteiger partial charge in [-0.05, 0) is 104 Å². The Labute approximate surface area is 222 Å². The number of hydrogen-bond donors (Lipinski definition) is 1. The smallest absolute Gasteiger partial charge is 0.119 e. The van der Waals surface area contributed by atoms with Gasteiger partial charge in [-0.1, -0.05) is 49.4 Å². The molecule has 4 heteroatoms. The van der Waals surface area contributed by atoms with E-state index in [0.717, 1.165) is 31.5 Å². The molecular formula is C31H51ClN2O. The molecule has 0 aromatic heterocycles. The van der Waals surface area contributed by atoms with E-state index in [-0.39, 0.29) is 18.3 Å². The van der Waals surface area contributed by atoms with Crippen LogP contribution in [-0.2, 0) is 0 Å². The molecule has 2 aromatic carbocycles. The van der Waals surface area contributed by atoms with Gasteiger partial charge in [0.2, 0.25) is 0 Å². The molecule has 0 spiro atoms. The van der Waals surface area contributed by atoms with Gasteiger partial charge in [0.1, 0.15) is 5.75 Å². The van der Waals surface area contributed by atoms with E-state index < -0.39 is 0 Å². The summed E-state index contributed by atoms with van der Waals surface area (Å²) in [4.78, 5) is 5.11. The van der Waals surface area contributed by atoms with Crippen LogP contribution in [-0.4, -0.2) is 52.2 Å². The second kappa shape index (κ2) is 14.9. The Bertz CT molecular complexity index is 834. The fraction of sp³-hybridized carbons (Fsp3) is 0.613. The van der Waals surface area contributed by atoms with Crippen molar-refractivity contribution in [3.05, 3.63) is 65.2 Å². The number of benzene rings is 2. The molecule has 0 fully saturated rings. The standard InChI is InChI=1S/C31H50N2O.ClH/c1-22(2)32(23(3)4)19-17-26(9)28-15-16-31(34)30(21-28)29(27-13-11-10-12-14-27)18-20-33(24(5)6)25(7)8;/h10-16,21-26,29,34H,17-20H2,1-9H3;1H. The normalized spacial score (nSPS) is 13.8. The summed E-state index contributed by atoms with van der Waals surface area (Å²) in [5.74, 6) is 1.03. The Hall–Kier alpha value is -1.55. The number of rotatable bonds is 13. The third-order valence-electron chi connectivity index (χ3n) is 7.35. The van der Waals surface area contributed by atoms with Crippen LogP contribution in [0.4, 0.5) is 0 Å². The van der Waals surface area contributed by atoms with Crippen molar-refractivity contribution in [1.29, 1.82) is 0 Å². The highest BCUT2D eigenvalue weighted by molar-refractivity contribution is 5.85. The quantitative estimate of drug-likeness (QED) is 0.300. The zero-order valence-corrected chi connectivity index (χ0v) is 24.5. The zero-order valence-electron chi connectivity index (χ0n) is 23.7. The molecule has 2 unspecified atom stereocenters. The zero-order chi connectivity index (χ0) is 25.4. The van der Waals surface area contributed by atoms with Gasteiger partial charge in [-0.25, -0.2) is 0 Å². The minimum atomic E-state index is 0. The molecule has 0 saturated carbocycles. The predicted molar refractivity (Wildman–Crippen MR) is 155 cm³/mol. The van der Waals surface area contributed by atoms with Gasteiger partial charge in [-0.2, -0.15) is 0 Å². The Balaban J connectivity index is 0.00000612. The summed E-state index contributed by atoms with van der Waals surface area (Å²) in [7, 11) is 0. The molecule has 198 valence electrons. The maximum Gasteiger partial charge on any atom is 0.119 e. The van der Waals surface area contributed by atoms with Crippen molar-refractivity contribution in [3.8, 4) is 5.75 Å². The first-order chi connectivity index (χ1) is 16.0. The van der Waals surface area contributed by atoms with Crippen molar-refractivity contribution in [2.45, 2.75) is 111 Å². The monoisotopic (exact) mass is 502 g/mol. The van der Waals surface area contributed by atoms with Crippen molar-refractivity contribution in [2.75, 3.05) is 13.1 Å². The summed E-state index contributed by atoms with van der Waals surface area (Å²) >= 11 is 0. The molecule has 0 amide bonds. The molecule has 0 aliphatic rings. The lowest BCUT2D eigenvalue weighted by atomic mass is 9.85. The lowest BCUT2D eigenvalue weighted by Crippen LogP contribution is -2.38. The van der Waals surface area contributed by atoms with Gasteiger partial charge in [-0.15, -0.1) is 12.4 Å². The van der Waals surface area contributed by atoms with Crippen molar-refractivity contribution in [3.63, 3.8) is 0 Å². The van der Waals surface area contributed by atoms with Crippen LogP contribution in [0.1, 0.15) is 104 Å². The number of halogens is 1. The molecule has 0 radical (unpaired) electrons. The largest absolute Gasteiger partial charge is 0.508 e. The molecule has 0 saturated heterocycles. The first-order valence-corrected chi connectivity index (χ1v) is 13.4. The van der Waals surface area contributed by atoms with E-state index in [2.05, 4.69) is 115 Å². The third-order valence-corrected chi connectivity index (χ3v) is 7.35. The van der Waals surface area contributed by atoms with Gasteiger partial charge in [-0.3, -0.25) is 9.80 Å². The molecule has 3 nitrogen and oxygen atoms in total. The molecule has 0 aliphatic heterocycles. The summed E-state index contributed by atoms with van der Waals surface area (Å²) < 4.78 is 0. The second-order valence-electron chi connectivity index (χ2n) is 11.1. The van der Waals surface area contributed by atoms with Crippen molar-refractivity contribution >= 4 is 12.4 Å². The lowest BCUT2D eigenvalue weighted by Gasteiger charge is -2.32. The Morgan fingerprint density at radius 2 is 1.11 bits per heavy atom. The Morgan fingerprint density at radius 1 is 0.629 bits per heavy atom. The highest BCUT2D eigenvalue weighted by atomic mass is 35.5. The Kier molecular flexibility index (Phi) is 13.4. The average molecular weight is 503 g/mol. The van der Waals surface area contributed by atoms with Gasteiger partial charge < -0.3 is 5.11 Å². The van der Waals surface area contributed by atoms with Crippen LogP contribution in [0.15, 0.2) is 48.5 Å². The Morgan fingerprint density at radius 3 is 1.60 bits per heavy atom. The molecule has 35 heavy (non-hydrogen) atoms. The fourth-order valence-corrected chi connectivity index (χ4v) is 5.36. The predicted octanol–water partition coefficient (Wildman–Crippen LogP) is 8.07. The molecular weight excluding hydrogens is 452 g/mol. The number of phenols is 1. The van der Waals surface area contributed by atoms with E-state index in [1.54, 1.807) is 0 Å². The molecule has 2 aromatic rings. The lowest BCUT2D eigenvalue weighted by molar-refractivity contribution is 0.169. The average Bonchev–Trinajstić information content (AvgIpc) is 2.77. The van der Waals surface area contributed by atoms with Crippen molar-refractivity contribution in [1.82, 2.24) is 9.80 Å². The maximum atomic E-state index is 11.0. The van der Waals surface area contributed by atoms with Crippen LogP contribution in [0.5, 0.6) is 5.75 Å². The third kappa shape index (κ3) is 9.12. The summed E-state index contributed by atoms with van der Waals surface area (Å²) in [5, 5.41) is 11.0. The highest BCUT2D eigenvalue weighted by Gasteiger charge is 2.23. The highest BCUT2D eigenvalue weighted by Crippen LogP contribution is 2.37. The van der Waals surface area contributed by atoms with Crippen molar-refractivity contribution < 1.29 is 5.11 Å². The van der Waals surface area contributed by atoms with E-state index in [0.29, 0.717) is 35.8 Å².